The van der Waals surface area contributed by atoms with Gasteiger partial charge in [0.25, 0.3) is 0 Å². The molecule has 0 aliphatic carbocycles. The molecule has 0 bridgehead atoms. The van der Waals surface area contributed by atoms with E-state index in [1.165, 1.54) is 9.71 Å². The van der Waals surface area contributed by atoms with Gasteiger partial charge in [0.15, 0.2) is 0 Å². The monoisotopic (exact) mass is 507 g/mol. The van der Waals surface area contributed by atoms with Gasteiger partial charge in [0.05, 0.1) is 29.6 Å². The van der Waals surface area contributed by atoms with Crippen LogP contribution in [-0.2, 0) is 15.9 Å². The van der Waals surface area contributed by atoms with E-state index in [0.29, 0.717) is 31.1 Å². The predicted octanol–water partition coefficient (Wildman–Crippen LogP) is 4.89. The van der Waals surface area contributed by atoms with Crippen molar-refractivity contribution in [2.24, 2.45) is 0 Å². The predicted molar refractivity (Wildman–Crippen MR) is 143 cm³/mol. The quantitative estimate of drug-likeness (QED) is 0.461. The summed E-state index contributed by atoms with van der Waals surface area (Å²) < 4.78 is 11.6. The fourth-order valence-corrected chi connectivity index (χ4v) is 6.19. The Morgan fingerprint density at radius 2 is 1.85 bits per heavy atom. The Labute approximate surface area is 212 Å². The summed E-state index contributed by atoms with van der Waals surface area (Å²) in [6.45, 7) is 16.1. The number of carbonyl (C=O) groups excluding carboxylic acids is 1. The summed E-state index contributed by atoms with van der Waals surface area (Å²) in [5.41, 5.74) is -1.09. The fourth-order valence-electron chi connectivity index (χ4n) is 3.37. The van der Waals surface area contributed by atoms with Gasteiger partial charge in [-0.2, -0.15) is 0 Å². The summed E-state index contributed by atoms with van der Waals surface area (Å²) in [5, 5.41) is 11.0. The first-order valence-electron chi connectivity index (χ1n) is 11.8. The topological polar surface area (TPSA) is 87.7 Å². The van der Waals surface area contributed by atoms with Gasteiger partial charge in [-0.05, 0) is 59.7 Å². The molecular formula is C24H38BN3O4S2. The van der Waals surface area contributed by atoms with Crippen molar-refractivity contribution >= 4 is 42.0 Å². The summed E-state index contributed by atoms with van der Waals surface area (Å²) >= 11 is 3.63. The molecule has 2 unspecified atom stereocenters. The Kier molecular flexibility index (Phi) is 8.27. The van der Waals surface area contributed by atoms with Gasteiger partial charge in [0.1, 0.15) is 11.4 Å². The number of carbonyl (C=O) groups is 1. The van der Waals surface area contributed by atoms with Gasteiger partial charge in [-0.3, -0.25) is 0 Å². The average Bonchev–Trinajstić information content (AvgIpc) is 3.38. The number of fused-ring (bicyclic) bond motifs is 1. The second kappa shape index (κ2) is 10.3. The minimum absolute atomic E-state index is 0.319. The summed E-state index contributed by atoms with van der Waals surface area (Å²) in [6, 6.07) is 0. The second-order valence-electron chi connectivity index (χ2n) is 10.8. The highest BCUT2D eigenvalue weighted by molar-refractivity contribution is 8.12. The molecule has 0 fully saturated rings. The van der Waals surface area contributed by atoms with Crippen LogP contribution >= 0.6 is 23.5 Å². The van der Waals surface area contributed by atoms with Crippen LogP contribution in [-0.4, -0.2) is 67.4 Å². The summed E-state index contributed by atoms with van der Waals surface area (Å²) in [6.07, 6.45) is 6.92. The van der Waals surface area contributed by atoms with Crippen molar-refractivity contribution in [2.75, 3.05) is 6.54 Å². The van der Waals surface area contributed by atoms with Crippen LogP contribution < -0.4 is 0 Å². The Bertz CT molecular complexity index is 947. The Balaban J connectivity index is 1.57. The first-order valence-corrected chi connectivity index (χ1v) is 13.6. The van der Waals surface area contributed by atoms with E-state index in [0.717, 1.165) is 17.9 Å². The van der Waals surface area contributed by atoms with Crippen LogP contribution in [0.1, 0.15) is 73.3 Å². The Hall–Kier alpha value is -1.36. The second-order valence-corrected chi connectivity index (χ2v) is 13.4. The van der Waals surface area contributed by atoms with Crippen molar-refractivity contribution in [1.82, 2.24) is 14.9 Å². The van der Waals surface area contributed by atoms with Crippen molar-refractivity contribution in [1.29, 1.82) is 0 Å². The van der Waals surface area contributed by atoms with Crippen LogP contribution in [0.4, 0.5) is 4.79 Å². The molecule has 10 heteroatoms. The highest BCUT2D eigenvalue weighted by Gasteiger charge is 2.39. The number of aromatic amines is 1. The maximum Gasteiger partial charge on any atom is 0.410 e. The molecule has 0 saturated heterocycles. The van der Waals surface area contributed by atoms with Gasteiger partial charge in [0, 0.05) is 21.9 Å². The zero-order valence-electron chi connectivity index (χ0n) is 21.6. The minimum Gasteiger partial charge on any atom is -0.444 e. The molecule has 0 spiro atoms. The number of aromatic nitrogens is 2. The minimum atomic E-state index is -0.914. The lowest BCUT2D eigenvalue weighted by Gasteiger charge is -2.37. The third-order valence-corrected chi connectivity index (χ3v) is 8.71. The zero-order valence-corrected chi connectivity index (χ0v) is 23.2. The first kappa shape index (κ1) is 27.2. The lowest BCUT2D eigenvalue weighted by Crippen LogP contribution is -2.48. The highest BCUT2D eigenvalue weighted by atomic mass is 32.2. The third-order valence-electron chi connectivity index (χ3n) is 5.97. The largest absolute Gasteiger partial charge is 0.444 e. The Morgan fingerprint density at radius 1 is 1.18 bits per heavy atom. The van der Waals surface area contributed by atoms with Crippen LogP contribution in [0.2, 0.25) is 0 Å². The number of thioether (sulfide) groups is 2. The molecule has 0 aromatic carbocycles. The van der Waals surface area contributed by atoms with Crippen LogP contribution in [0, 0.1) is 0 Å². The fraction of sp³-hybridized carbons (Fsp3) is 0.667. The van der Waals surface area contributed by atoms with Gasteiger partial charge < -0.3 is 24.4 Å². The van der Waals surface area contributed by atoms with Crippen molar-refractivity contribution in [3.8, 4) is 0 Å². The number of imidazole rings is 1. The SMILES string of the molecule is CCCN(Cc1ncc(C2=CC3SC(BOC(C)(C)C(C)(C)O)=CC3S2)[nH]1)C(=O)OC(C)(C)C. The third kappa shape index (κ3) is 6.86. The summed E-state index contributed by atoms with van der Waals surface area (Å²) in [5.74, 6) is 0.749. The van der Waals surface area contributed by atoms with Crippen molar-refractivity contribution in [2.45, 2.75) is 95.7 Å². The average molecular weight is 508 g/mol. The van der Waals surface area contributed by atoms with E-state index in [9.17, 15) is 9.90 Å². The van der Waals surface area contributed by atoms with E-state index in [2.05, 4.69) is 22.1 Å². The van der Waals surface area contributed by atoms with Crippen molar-refractivity contribution in [3.05, 3.63) is 34.7 Å². The molecule has 0 saturated carbocycles. The molecule has 7 nitrogen and oxygen atoms in total. The number of aliphatic hydroxyl groups is 1. The highest BCUT2D eigenvalue weighted by Crippen LogP contribution is 2.50. The lowest BCUT2D eigenvalue weighted by molar-refractivity contribution is -0.0895. The molecule has 1 aromatic rings. The maximum absolute atomic E-state index is 12.6. The lowest BCUT2D eigenvalue weighted by atomic mass is 9.86. The van der Waals surface area contributed by atoms with Crippen LogP contribution in [0.3, 0.4) is 0 Å². The molecular weight excluding hydrogens is 469 g/mol. The standard InChI is InChI=1S/C24H38BN3O4S2/c1-9-10-28(21(29)31-22(2,3)4)14-20-26-13-15(27-20)16-11-17-18(33-16)12-19(34-17)25-32-24(7,8)23(5,6)30/h11-13,17-18,25,30H,9-10,14H2,1-8H3,(H,26,27). The van der Waals surface area contributed by atoms with E-state index in [1.54, 1.807) is 18.7 Å². The molecule has 2 aliphatic heterocycles. The number of amides is 1. The van der Waals surface area contributed by atoms with Gasteiger partial charge in [-0.1, -0.05) is 19.1 Å². The molecule has 1 aromatic heterocycles. The van der Waals surface area contributed by atoms with Gasteiger partial charge in [-0.15, -0.1) is 23.5 Å². The molecule has 34 heavy (non-hydrogen) atoms. The van der Waals surface area contributed by atoms with E-state index >= 15 is 0 Å². The molecule has 2 atom stereocenters. The number of rotatable bonds is 9. The number of H-pyrrole nitrogens is 1. The van der Waals surface area contributed by atoms with Crippen LogP contribution in [0.5, 0.6) is 0 Å². The van der Waals surface area contributed by atoms with Crippen LogP contribution in [0.25, 0.3) is 4.91 Å². The van der Waals surface area contributed by atoms with E-state index in [-0.39, 0.29) is 6.09 Å². The first-order chi connectivity index (χ1) is 15.7. The Morgan fingerprint density at radius 3 is 2.44 bits per heavy atom. The number of nitrogens with one attached hydrogen (secondary N) is 1. The number of ether oxygens (including phenoxy) is 1. The molecule has 2 N–H and O–H groups in total. The summed E-state index contributed by atoms with van der Waals surface area (Å²) in [7, 11) is 0.504. The van der Waals surface area contributed by atoms with Crippen LogP contribution in [0.15, 0.2) is 23.2 Å². The number of hydrogen-bond donors (Lipinski definition) is 2. The zero-order chi connectivity index (χ0) is 25.3. The van der Waals surface area contributed by atoms with Gasteiger partial charge >= 0.3 is 13.6 Å². The van der Waals surface area contributed by atoms with Crippen molar-refractivity contribution in [3.63, 3.8) is 0 Å². The molecule has 3 heterocycles. The van der Waals surface area contributed by atoms with E-state index in [1.807, 2.05) is 71.3 Å². The van der Waals surface area contributed by atoms with E-state index < -0.39 is 16.8 Å². The molecule has 0 radical (unpaired) electrons. The van der Waals surface area contributed by atoms with Gasteiger partial charge in [-0.25, -0.2) is 9.78 Å². The summed E-state index contributed by atoms with van der Waals surface area (Å²) in [4.78, 5) is 24.5. The molecule has 3 rings (SSSR count). The smallest absolute Gasteiger partial charge is 0.410 e. The normalized spacial score (nSPS) is 20.6. The maximum atomic E-state index is 12.6. The molecule has 188 valence electrons. The number of nitrogens with zero attached hydrogens (tertiary/aromatic N) is 2. The van der Waals surface area contributed by atoms with E-state index in [4.69, 9.17) is 9.39 Å². The van der Waals surface area contributed by atoms with Gasteiger partial charge in [0.2, 0.25) is 0 Å². The van der Waals surface area contributed by atoms with Crippen molar-refractivity contribution < 1.29 is 19.3 Å². The molecule has 2 aliphatic rings. The molecule has 1 amide bonds. The number of hydrogen-bond acceptors (Lipinski definition) is 7.